The molecule has 2 rings (SSSR count). The molecule has 9 heteroatoms. The highest BCUT2D eigenvalue weighted by atomic mass is 32.2. The SMILES string of the molecule is Cn1cc(S(=O)(=O)Nc2c(F)cccc2F)cc1C(=O)O. The van der Waals surface area contributed by atoms with E-state index < -0.39 is 38.2 Å². The smallest absolute Gasteiger partial charge is 0.352 e. The van der Waals surface area contributed by atoms with Gasteiger partial charge in [-0.3, -0.25) is 4.72 Å². The molecular formula is C12H10F2N2O4S. The number of halogens is 2. The van der Waals surface area contributed by atoms with Crippen LogP contribution >= 0.6 is 0 Å². The van der Waals surface area contributed by atoms with Crippen LogP contribution in [0, 0.1) is 11.6 Å². The molecule has 2 N–H and O–H groups in total. The summed E-state index contributed by atoms with van der Waals surface area (Å²) in [4.78, 5) is 10.5. The van der Waals surface area contributed by atoms with Crippen molar-refractivity contribution in [1.82, 2.24) is 4.57 Å². The van der Waals surface area contributed by atoms with E-state index in [1.165, 1.54) is 7.05 Å². The Labute approximate surface area is 118 Å². The molecule has 0 atom stereocenters. The van der Waals surface area contributed by atoms with E-state index in [-0.39, 0.29) is 5.69 Å². The minimum atomic E-state index is -4.31. The zero-order chi connectivity index (χ0) is 15.8. The van der Waals surface area contributed by atoms with Crippen LogP contribution < -0.4 is 4.72 Å². The van der Waals surface area contributed by atoms with Gasteiger partial charge in [-0.15, -0.1) is 0 Å². The number of para-hydroxylation sites is 1. The molecule has 0 fully saturated rings. The minimum absolute atomic E-state index is 0.274. The molecule has 0 saturated heterocycles. The molecule has 1 heterocycles. The van der Waals surface area contributed by atoms with E-state index in [1.54, 1.807) is 4.72 Å². The third kappa shape index (κ3) is 2.87. The molecule has 0 aliphatic carbocycles. The van der Waals surface area contributed by atoms with Crippen LogP contribution in [0.4, 0.5) is 14.5 Å². The Kier molecular flexibility index (Phi) is 3.69. The Bertz CT molecular complexity index is 794. The van der Waals surface area contributed by atoms with Crippen LogP contribution in [-0.4, -0.2) is 24.1 Å². The van der Waals surface area contributed by atoms with E-state index in [9.17, 15) is 22.0 Å². The Morgan fingerprint density at radius 1 is 1.29 bits per heavy atom. The summed E-state index contributed by atoms with van der Waals surface area (Å²) in [6.07, 6.45) is 1.03. The van der Waals surface area contributed by atoms with Crippen molar-refractivity contribution in [2.75, 3.05) is 4.72 Å². The number of carboxylic acid groups (broad SMARTS) is 1. The molecule has 112 valence electrons. The standard InChI is InChI=1S/C12H10F2N2O4S/c1-16-6-7(5-10(16)12(17)18)21(19,20)15-11-8(13)3-2-4-9(11)14/h2-6,15H,1H3,(H,17,18). The largest absolute Gasteiger partial charge is 0.477 e. The second-order valence-electron chi connectivity index (χ2n) is 4.18. The molecule has 0 amide bonds. The summed E-state index contributed by atoms with van der Waals surface area (Å²) in [5, 5.41) is 8.87. The first-order chi connectivity index (χ1) is 9.72. The van der Waals surface area contributed by atoms with Gasteiger partial charge in [-0.1, -0.05) is 6.07 Å². The number of carbonyl (C=O) groups is 1. The number of nitrogens with zero attached hydrogens (tertiary/aromatic N) is 1. The highest BCUT2D eigenvalue weighted by Crippen LogP contribution is 2.23. The van der Waals surface area contributed by atoms with Crippen LogP contribution in [0.1, 0.15) is 10.5 Å². The van der Waals surface area contributed by atoms with Crippen molar-refractivity contribution >= 4 is 21.7 Å². The molecule has 0 saturated carbocycles. The summed E-state index contributed by atoms with van der Waals surface area (Å²) in [7, 11) is -2.97. The number of aromatic nitrogens is 1. The molecule has 0 bridgehead atoms. The maximum absolute atomic E-state index is 13.4. The lowest BCUT2D eigenvalue weighted by atomic mass is 10.3. The maximum atomic E-state index is 13.4. The predicted molar refractivity (Wildman–Crippen MR) is 69.5 cm³/mol. The highest BCUT2D eigenvalue weighted by molar-refractivity contribution is 7.92. The molecule has 2 aromatic rings. The van der Waals surface area contributed by atoms with Gasteiger partial charge in [-0.05, 0) is 18.2 Å². The van der Waals surface area contributed by atoms with Gasteiger partial charge >= 0.3 is 5.97 Å². The van der Waals surface area contributed by atoms with E-state index in [0.29, 0.717) is 0 Å². The number of aryl methyl sites for hydroxylation is 1. The molecule has 21 heavy (non-hydrogen) atoms. The number of hydrogen-bond acceptors (Lipinski definition) is 3. The lowest BCUT2D eigenvalue weighted by molar-refractivity contribution is 0.0686. The van der Waals surface area contributed by atoms with Gasteiger partial charge in [0.1, 0.15) is 27.9 Å². The van der Waals surface area contributed by atoms with Crippen molar-refractivity contribution in [2.45, 2.75) is 4.90 Å². The number of hydrogen-bond donors (Lipinski definition) is 2. The van der Waals surface area contributed by atoms with E-state index in [1.807, 2.05) is 0 Å². The highest BCUT2D eigenvalue weighted by Gasteiger charge is 2.22. The Balaban J connectivity index is 2.44. The lowest BCUT2D eigenvalue weighted by Gasteiger charge is -2.08. The average molecular weight is 316 g/mol. The fourth-order valence-electron chi connectivity index (χ4n) is 1.68. The van der Waals surface area contributed by atoms with Gasteiger partial charge in [0.2, 0.25) is 0 Å². The van der Waals surface area contributed by atoms with Gasteiger partial charge < -0.3 is 9.67 Å². The van der Waals surface area contributed by atoms with Crippen molar-refractivity contribution in [3.63, 3.8) is 0 Å². The number of rotatable bonds is 4. The maximum Gasteiger partial charge on any atom is 0.352 e. The molecular weight excluding hydrogens is 306 g/mol. The first kappa shape index (κ1) is 15.0. The Morgan fingerprint density at radius 2 is 1.86 bits per heavy atom. The van der Waals surface area contributed by atoms with Crippen molar-refractivity contribution < 1.29 is 27.1 Å². The zero-order valence-corrected chi connectivity index (χ0v) is 11.5. The van der Waals surface area contributed by atoms with Gasteiger partial charge in [0, 0.05) is 13.2 Å². The summed E-state index contributed by atoms with van der Waals surface area (Å²) >= 11 is 0. The van der Waals surface area contributed by atoms with Crippen LogP contribution in [0.2, 0.25) is 0 Å². The second-order valence-corrected chi connectivity index (χ2v) is 5.86. The summed E-state index contributed by atoms with van der Waals surface area (Å²) in [6, 6.07) is 3.78. The van der Waals surface area contributed by atoms with E-state index >= 15 is 0 Å². The molecule has 0 spiro atoms. The van der Waals surface area contributed by atoms with Crippen molar-refractivity contribution in [2.24, 2.45) is 7.05 Å². The number of nitrogens with one attached hydrogen (secondary N) is 1. The number of aromatic carboxylic acids is 1. The molecule has 0 aliphatic heterocycles. The predicted octanol–water partition coefficient (Wildman–Crippen LogP) is 1.80. The Morgan fingerprint density at radius 3 is 2.33 bits per heavy atom. The second kappa shape index (κ2) is 5.17. The van der Waals surface area contributed by atoms with Crippen LogP contribution in [-0.2, 0) is 17.1 Å². The first-order valence-corrected chi connectivity index (χ1v) is 7.07. The van der Waals surface area contributed by atoms with Gasteiger partial charge in [-0.2, -0.15) is 0 Å². The van der Waals surface area contributed by atoms with E-state index in [4.69, 9.17) is 5.11 Å². The molecule has 0 aliphatic rings. The number of anilines is 1. The molecule has 1 aromatic carbocycles. The fraction of sp³-hybridized carbons (Fsp3) is 0.0833. The Hall–Kier alpha value is -2.42. The van der Waals surface area contributed by atoms with Crippen molar-refractivity contribution in [3.8, 4) is 0 Å². The average Bonchev–Trinajstić information content (AvgIpc) is 2.77. The molecule has 1 aromatic heterocycles. The third-order valence-corrected chi connectivity index (χ3v) is 4.03. The fourth-order valence-corrected chi connectivity index (χ4v) is 2.83. The third-order valence-electron chi connectivity index (χ3n) is 2.71. The molecule has 0 unspecified atom stereocenters. The van der Waals surface area contributed by atoms with Crippen LogP contribution in [0.25, 0.3) is 0 Å². The topological polar surface area (TPSA) is 88.4 Å². The van der Waals surface area contributed by atoms with Gasteiger partial charge in [0.05, 0.1) is 0 Å². The number of sulfonamides is 1. The first-order valence-electron chi connectivity index (χ1n) is 5.59. The number of carboxylic acids is 1. The summed E-state index contributed by atoms with van der Waals surface area (Å²) in [5.41, 5.74) is -1.09. The number of benzene rings is 1. The monoisotopic (exact) mass is 316 g/mol. The molecule has 6 nitrogen and oxygen atoms in total. The van der Waals surface area contributed by atoms with Crippen molar-refractivity contribution in [3.05, 3.63) is 47.8 Å². The quantitative estimate of drug-likeness (QED) is 0.900. The lowest BCUT2D eigenvalue weighted by Crippen LogP contribution is -2.14. The van der Waals surface area contributed by atoms with Crippen LogP contribution in [0.15, 0.2) is 35.4 Å². The molecule has 0 radical (unpaired) electrons. The normalized spacial score (nSPS) is 11.4. The van der Waals surface area contributed by atoms with Gasteiger partial charge in [0.25, 0.3) is 10.0 Å². The summed E-state index contributed by atoms with van der Waals surface area (Å²) in [5.74, 6) is -3.48. The van der Waals surface area contributed by atoms with E-state index in [2.05, 4.69) is 0 Å². The summed E-state index contributed by atoms with van der Waals surface area (Å²) < 4.78 is 53.8. The minimum Gasteiger partial charge on any atom is -0.477 e. The van der Waals surface area contributed by atoms with Gasteiger partial charge in [0.15, 0.2) is 0 Å². The van der Waals surface area contributed by atoms with Gasteiger partial charge in [-0.25, -0.2) is 22.0 Å². The van der Waals surface area contributed by atoms with E-state index in [0.717, 1.165) is 35.0 Å². The summed E-state index contributed by atoms with van der Waals surface area (Å²) in [6.45, 7) is 0. The van der Waals surface area contributed by atoms with Crippen LogP contribution in [0.3, 0.4) is 0 Å². The van der Waals surface area contributed by atoms with Crippen LogP contribution in [0.5, 0.6) is 0 Å². The van der Waals surface area contributed by atoms with Crippen molar-refractivity contribution in [1.29, 1.82) is 0 Å². The zero-order valence-electron chi connectivity index (χ0n) is 10.7.